The topological polar surface area (TPSA) is 41.4 Å². The van der Waals surface area contributed by atoms with E-state index in [4.69, 9.17) is 0 Å². The molecule has 1 saturated heterocycles. The lowest BCUT2D eigenvalue weighted by Crippen LogP contribution is -2.55. The number of hydrogen-bond donors (Lipinski definition) is 0. The maximum Gasteiger partial charge on any atom is 0.264 e. The quantitative estimate of drug-likeness (QED) is 0.861. The lowest BCUT2D eigenvalue weighted by atomic mass is 9.86. The van der Waals surface area contributed by atoms with Crippen molar-refractivity contribution in [3.8, 4) is 0 Å². The molecule has 1 aliphatic rings. The van der Waals surface area contributed by atoms with Gasteiger partial charge >= 0.3 is 0 Å². The van der Waals surface area contributed by atoms with Crippen LogP contribution in [0.25, 0.3) is 10.9 Å². The molecule has 0 radical (unpaired) electrons. The van der Waals surface area contributed by atoms with E-state index in [-0.39, 0.29) is 16.5 Å². The first kappa shape index (κ1) is 16.1. The summed E-state index contributed by atoms with van der Waals surface area (Å²) in [6, 6.07) is 4.56. The Morgan fingerprint density at radius 2 is 2.00 bits per heavy atom. The van der Waals surface area contributed by atoms with Crippen LogP contribution in [0.5, 0.6) is 0 Å². The number of hydrogen-bond acceptors (Lipinski definition) is 4. The summed E-state index contributed by atoms with van der Waals surface area (Å²) >= 11 is 0. The second-order valence-electron chi connectivity index (χ2n) is 6.73. The molecule has 1 fully saturated rings. The number of likely N-dealkylation sites (tertiary alicyclic amines) is 1. The molecular weight excluding hydrogens is 295 g/mol. The van der Waals surface area contributed by atoms with Gasteiger partial charge in [-0.2, -0.15) is 0 Å². The van der Waals surface area contributed by atoms with Crippen molar-refractivity contribution < 1.29 is 4.39 Å². The maximum atomic E-state index is 14.0. The van der Waals surface area contributed by atoms with E-state index in [2.05, 4.69) is 21.8 Å². The third-order valence-corrected chi connectivity index (χ3v) is 5.13. The van der Waals surface area contributed by atoms with Gasteiger partial charge in [0.1, 0.15) is 11.2 Å². The van der Waals surface area contributed by atoms with Crippen molar-refractivity contribution in [3.05, 3.63) is 40.7 Å². The van der Waals surface area contributed by atoms with Gasteiger partial charge in [0.2, 0.25) is 0 Å². The van der Waals surface area contributed by atoms with Crippen molar-refractivity contribution in [1.82, 2.24) is 19.4 Å². The Balaban J connectivity index is 2.01. The Kier molecular flexibility index (Phi) is 4.21. The monoisotopic (exact) mass is 318 g/mol. The summed E-state index contributed by atoms with van der Waals surface area (Å²) in [5.41, 5.74) is 0.0125. The van der Waals surface area contributed by atoms with E-state index >= 15 is 0 Å². The summed E-state index contributed by atoms with van der Waals surface area (Å²) in [4.78, 5) is 21.5. The molecule has 2 aromatic rings. The largest absolute Gasteiger partial charge is 0.306 e. The number of halogens is 1. The van der Waals surface area contributed by atoms with E-state index in [1.807, 2.05) is 14.1 Å². The minimum atomic E-state index is -0.503. The molecule has 1 aliphatic heterocycles. The average molecular weight is 318 g/mol. The fourth-order valence-corrected chi connectivity index (χ4v) is 3.37. The van der Waals surface area contributed by atoms with Crippen LogP contribution in [0.15, 0.2) is 29.3 Å². The molecule has 0 saturated carbocycles. The molecule has 0 bridgehead atoms. The lowest BCUT2D eigenvalue weighted by molar-refractivity contribution is 0.0501. The van der Waals surface area contributed by atoms with E-state index in [0.29, 0.717) is 12.1 Å². The number of rotatable bonds is 3. The highest BCUT2D eigenvalue weighted by Gasteiger charge is 2.36. The van der Waals surface area contributed by atoms with Gasteiger partial charge in [-0.25, -0.2) is 9.37 Å². The van der Waals surface area contributed by atoms with Gasteiger partial charge in [0, 0.05) is 12.1 Å². The van der Waals surface area contributed by atoms with Crippen molar-refractivity contribution >= 4 is 10.9 Å². The first-order valence-electron chi connectivity index (χ1n) is 7.93. The molecule has 0 aliphatic carbocycles. The summed E-state index contributed by atoms with van der Waals surface area (Å²) in [7, 11) is 6.20. The standard InChI is InChI=1S/C17H23FN4O/c1-20(2)17(7-9-21(3)10-8-17)11-22-12-19-14-6-4-5-13(18)15(14)16(22)23/h4-6,12H,7-11H2,1-3H3. The molecule has 0 amide bonds. The average Bonchev–Trinajstić information content (AvgIpc) is 2.52. The van der Waals surface area contributed by atoms with Crippen molar-refractivity contribution in [1.29, 1.82) is 0 Å². The zero-order chi connectivity index (χ0) is 16.6. The van der Waals surface area contributed by atoms with Gasteiger partial charge in [0.05, 0.1) is 11.8 Å². The maximum absolute atomic E-state index is 14.0. The van der Waals surface area contributed by atoms with E-state index < -0.39 is 5.82 Å². The number of aromatic nitrogens is 2. The van der Waals surface area contributed by atoms with Crippen LogP contribution in [0.4, 0.5) is 4.39 Å². The second-order valence-corrected chi connectivity index (χ2v) is 6.73. The van der Waals surface area contributed by atoms with Crippen molar-refractivity contribution in [2.75, 3.05) is 34.2 Å². The highest BCUT2D eigenvalue weighted by Crippen LogP contribution is 2.28. The molecule has 6 heteroatoms. The van der Waals surface area contributed by atoms with Gasteiger partial charge < -0.3 is 9.80 Å². The van der Waals surface area contributed by atoms with Crippen molar-refractivity contribution in [2.24, 2.45) is 0 Å². The van der Waals surface area contributed by atoms with E-state index in [9.17, 15) is 9.18 Å². The molecule has 5 nitrogen and oxygen atoms in total. The van der Waals surface area contributed by atoms with E-state index in [0.717, 1.165) is 25.9 Å². The summed E-state index contributed by atoms with van der Waals surface area (Å²) in [5.74, 6) is -0.503. The first-order valence-corrected chi connectivity index (χ1v) is 7.93. The number of benzene rings is 1. The SMILES string of the molecule is CN1CCC(Cn2cnc3cccc(F)c3c2=O)(N(C)C)CC1. The molecule has 1 aromatic carbocycles. The summed E-state index contributed by atoms with van der Waals surface area (Å²) in [6.45, 7) is 2.51. The predicted molar refractivity (Wildman–Crippen MR) is 89.1 cm³/mol. The molecule has 3 rings (SSSR count). The number of nitrogens with zero attached hydrogens (tertiary/aromatic N) is 4. The molecule has 0 unspecified atom stereocenters. The number of fused-ring (bicyclic) bond motifs is 1. The van der Waals surface area contributed by atoms with Crippen LogP contribution in [-0.2, 0) is 6.54 Å². The van der Waals surface area contributed by atoms with Crippen LogP contribution >= 0.6 is 0 Å². The normalized spacial score (nSPS) is 18.7. The first-order chi connectivity index (χ1) is 10.9. The minimum absolute atomic E-state index is 0.0804. The van der Waals surface area contributed by atoms with Gasteiger partial charge in [0.25, 0.3) is 5.56 Å². The number of piperidine rings is 1. The number of likely N-dealkylation sites (N-methyl/N-ethyl adjacent to an activating group) is 1. The van der Waals surface area contributed by atoms with Crippen LogP contribution in [-0.4, -0.2) is 59.1 Å². The van der Waals surface area contributed by atoms with Crippen molar-refractivity contribution in [3.63, 3.8) is 0 Å². The fourth-order valence-electron chi connectivity index (χ4n) is 3.37. The Hall–Kier alpha value is -1.79. The third kappa shape index (κ3) is 2.88. The third-order valence-electron chi connectivity index (χ3n) is 5.13. The van der Waals surface area contributed by atoms with Crippen molar-refractivity contribution in [2.45, 2.75) is 24.9 Å². The van der Waals surface area contributed by atoms with Crippen LogP contribution in [0.3, 0.4) is 0 Å². The zero-order valence-corrected chi connectivity index (χ0v) is 13.9. The van der Waals surface area contributed by atoms with Gasteiger partial charge in [-0.05, 0) is 59.2 Å². The van der Waals surface area contributed by atoms with Crippen LogP contribution in [0.1, 0.15) is 12.8 Å². The molecule has 0 spiro atoms. The summed E-state index contributed by atoms with van der Waals surface area (Å²) in [6.07, 6.45) is 3.49. The van der Waals surface area contributed by atoms with Gasteiger partial charge in [-0.3, -0.25) is 9.36 Å². The Morgan fingerprint density at radius 3 is 2.65 bits per heavy atom. The van der Waals surface area contributed by atoms with Crippen LogP contribution < -0.4 is 5.56 Å². The summed E-state index contributed by atoms with van der Waals surface area (Å²) in [5, 5.41) is 0.0804. The second kappa shape index (κ2) is 6.02. The highest BCUT2D eigenvalue weighted by molar-refractivity contribution is 5.77. The lowest BCUT2D eigenvalue weighted by Gasteiger charge is -2.45. The molecule has 124 valence electrons. The fraction of sp³-hybridized carbons (Fsp3) is 0.529. The van der Waals surface area contributed by atoms with Gasteiger partial charge in [0.15, 0.2) is 0 Å². The van der Waals surface area contributed by atoms with Crippen LogP contribution in [0, 0.1) is 5.82 Å². The van der Waals surface area contributed by atoms with E-state index in [1.54, 1.807) is 23.0 Å². The minimum Gasteiger partial charge on any atom is -0.306 e. The molecular formula is C17H23FN4O. The van der Waals surface area contributed by atoms with Crippen LogP contribution in [0.2, 0.25) is 0 Å². The molecule has 2 heterocycles. The highest BCUT2D eigenvalue weighted by atomic mass is 19.1. The van der Waals surface area contributed by atoms with Gasteiger partial charge in [-0.1, -0.05) is 6.07 Å². The predicted octanol–water partition coefficient (Wildman–Crippen LogP) is 1.56. The van der Waals surface area contributed by atoms with E-state index in [1.165, 1.54) is 6.07 Å². The van der Waals surface area contributed by atoms with Gasteiger partial charge in [-0.15, -0.1) is 0 Å². The summed E-state index contributed by atoms with van der Waals surface area (Å²) < 4.78 is 15.6. The molecule has 0 atom stereocenters. The zero-order valence-electron chi connectivity index (χ0n) is 13.9. The molecule has 23 heavy (non-hydrogen) atoms. The Labute approximate surface area is 135 Å². The molecule has 0 N–H and O–H groups in total. The Morgan fingerprint density at radius 1 is 1.30 bits per heavy atom. The Bertz CT molecular complexity index is 763. The smallest absolute Gasteiger partial charge is 0.264 e. The molecule has 1 aromatic heterocycles.